The second kappa shape index (κ2) is 7.83. The highest BCUT2D eigenvalue weighted by Crippen LogP contribution is 2.25. The summed E-state index contributed by atoms with van der Waals surface area (Å²) in [5.41, 5.74) is 2.50. The Kier molecular flexibility index (Phi) is 5.80. The molecule has 5 nitrogen and oxygen atoms in total. The summed E-state index contributed by atoms with van der Waals surface area (Å²) in [6, 6.07) is 14.7. The molecule has 2 aromatic rings. The fourth-order valence-electron chi connectivity index (χ4n) is 2.24. The molecule has 0 aromatic heterocycles. The number of rotatable bonds is 5. The van der Waals surface area contributed by atoms with Gasteiger partial charge in [0.15, 0.2) is 6.61 Å². The smallest absolute Gasteiger partial charge is 0.262 e. The molecule has 0 bridgehead atoms. The molecule has 2 N–H and O–H groups in total. The molecule has 2 amide bonds. The monoisotopic (exact) mass is 340 g/mol. The molecule has 0 aliphatic carbocycles. The summed E-state index contributed by atoms with van der Waals surface area (Å²) in [5.74, 6) is 0.291. The van der Waals surface area contributed by atoms with Crippen LogP contribution in [-0.2, 0) is 15.0 Å². The Labute approximate surface area is 148 Å². The molecular formula is C20H24N2O3. The van der Waals surface area contributed by atoms with Gasteiger partial charge in [-0.2, -0.15) is 0 Å². The van der Waals surface area contributed by atoms with Crippen molar-refractivity contribution in [3.63, 3.8) is 0 Å². The lowest BCUT2D eigenvalue weighted by Gasteiger charge is -2.19. The van der Waals surface area contributed by atoms with Gasteiger partial charge in [-0.25, -0.2) is 0 Å². The van der Waals surface area contributed by atoms with Crippen molar-refractivity contribution in [3.8, 4) is 5.75 Å². The highest BCUT2D eigenvalue weighted by Gasteiger charge is 2.14. The van der Waals surface area contributed by atoms with Crippen molar-refractivity contribution in [2.24, 2.45) is 0 Å². The Bertz CT molecular complexity index is 746. The molecule has 0 unspecified atom stereocenters. The number of anilines is 2. The first-order valence-electron chi connectivity index (χ1n) is 8.15. The number of hydrogen-bond acceptors (Lipinski definition) is 3. The van der Waals surface area contributed by atoms with Gasteiger partial charge in [-0.15, -0.1) is 0 Å². The van der Waals surface area contributed by atoms with Crippen LogP contribution in [0, 0.1) is 0 Å². The molecule has 25 heavy (non-hydrogen) atoms. The zero-order valence-corrected chi connectivity index (χ0v) is 15.1. The zero-order chi connectivity index (χ0) is 18.4. The largest absolute Gasteiger partial charge is 0.484 e. The molecule has 0 spiro atoms. The standard InChI is InChI=1S/C20H24N2O3/c1-14(23)21-16-8-10-17(11-9-16)22-19(24)13-25-18-7-5-6-15(12-18)20(2,3)4/h5-12H,13H2,1-4H3,(H,21,23)(H,22,24). The normalized spacial score (nSPS) is 10.9. The van der Waals surface area contributed by atoms with Crippen molar-refractivity contribution in [1.29, 1.82) is 0 Å². The minimum atomic E-state index is -0.242. The van der Waals surface area contributed by atoms with Crippen molar-refractivity contribution < 1.29 is 14.3 Å². The summed E-state index contributed by atoms with van der Waals surface area (Å²) in [5, 5.41) is 5.43. The average Bonchev–Trinajstić information content (AvgIpc) is 2.54. The number of ether oxygens (including phenoxy) is 1. The molecule has 0 aliphatic rings. The molecule has 0 radical (unpaired) electrons. The maximum Gasteiger partial charge on any atom is 0.262 e. The van der Waals surface area contributed by atoms with E-state index in [0.29, 0.717) is 17.1 Å². The first kappa shape index (κ1) is 18.5. The van der Waals surface area contributed by atoms with E-state index in [-0.39, 0.29) is 23.8 Å². The Morgan fingerprint density at radius 1 is 0.960 bits per heavy atom. The van der Waals surface area contributed by atoms with Crippen LogP contribution < -0.4 is 15.4 Å². The predicted molar refractivity (Wildman–Crippen MR) is 100 cm³/mol. The molecule has 5 heteroatoms. The number of hydrogen-bond donors (Lipinski definition) is 2. The van der Waals surface area contributed by atoms with Gasteiger partial charge in [0.1, 0.15) is 5.75 Å². The minimum absolute atomic E-state index is 0.0251. The predicted octanol–water partition coefficient (Wildman–Crippen LogP) is 3.96. The lowest BCUT2D eigenvalue weighted by Crippen LogP contribution is -2.20. The van der Waals surface area contributed by atoms with E-state index in [0.717, 1.165) is 5.56 Å². The minimum Gasteiger partial charge on any atom is -0.484 e. The summed E-state index contributed by atoms with van der Waals surface area (Å²) in [4.78, 5) is 23.0. The Morgan fingerprint density at radius 3 is 2.12 bits per heavy atom. The summed E-state index contributed by atoms with van der Waals surface area (Å²) in [6.07, 6.45) is 0. The molecule has 2 rings (SSSR count). The highest BCUT2D eigenvalue weighted by atomic mass is 16.5. The topological polar surface area (TPSA) is 67.4 Å². The van der Waals surface area contributed by atoms with Crippen molar-refractivity contribution >= 4 is 23.2 Å². The molecule has 132 valence electrons. The average molecular weight is 340 g/mol. The van der Waals surface area contributed by atoms with E-state index < -0.39 is 0 Å². The fourth-order valence-corrected chi connectivity index (χ4v) is 2.24. The van der Waals surface area contributed by atoms with E-state index in [1.165, 1.54) is 6.92 Å². The number of nitrogens with one attached hydrogen (secondary N) is 2. The summed E-state index contributed by atoms with van der Waals surface area (Å²) < 4.78 is 5.58. The van der Waals surface area contributed by atoms with Gasteiger partial charge in [0, 0.05) is 18.3 Å². The molecule has 0 atom stereocenters. The van der Waals surface area contributed by atoms with Crippen LogP contribution in [-0.4, -0.2) is 18.4 Å². The molecule has 0 saturated heterocycles. The highest BCUT2D eigenvalue weighted by molar-refractivity contribution is 5.93. The van der Waals surface area contributed by atoms with Gasteiger partial charge in [0.2, 0.25) is 5.91 Å². The third-order valence-corrected chi connectivity index (χ3v) is 3.56. The Balaban J connectivity index is 1.89. The van der Waals surface area contributed by atoms with Crippen LogP contribution in [0.1, 0.15) is 33.3 Å². The third kappa shape index (κ3) is 5.95. The van der Waals surface area contributed by atoms with Crippen LogP contribution in [0.15, 0.2) is 48.5 Å². The van der Waals surface area contributed by atoms with Crippen LogP contribution in [0.2, 0.25) is 0 Å². The first-order valence-corrected chi connectivity index (χ1v) is 8.15. The van der Waals surface area contributed by atoms with Crippen LogP contribution in [0.4, 0.5) is 11.4 Å². The first-order chi connectivity index (χ1) is 11.7. The maximum atomic E-state index is 12.0. The van der Waals surface area contributed by atoms with Gasteiger partial charge in [-0.05, 0) is 47.4 Å². The lowest BCUT2D eigenvalue weighted by atomic mass is 9.87. The Morgan fingerprint density at radius 2 is 1.56 bits per heavy atom. The fraction of sp³-hybridized carbons (Fsp3) is 0.300. The van der Waals surface area contributed by atoms with E-state index >= 15 is 0 Å². The van der Waals surface area contributed by atoms with E-state index in [9.17, 15) is 9.59 Å². The third-order valence-electron chi connectivity index (χ3n) is 3.56. The Hall–Kier alpha value is -2.82. The van der Waals surface area contributed by atoms with Gasteiger partial charge in [-0.1, -0.05) is 32.9 Å². The summed E-state index contributed by atoms with van der Waals surface area (Å²) >= 11 is 0. The van der Waals surface area contributed by atoms with Crippen molar-refractivity contribution in [2.45, 2.75) is 33.1 Å². The lowest BCUT2D eigenvalue weighted by molar-refractivity contribution is -0.118. The molecule has 0 heterocycles. The van der Waals surface area contributed by atoms with Crippen molar-refractivity contribution in [1.82, 2.24) is 0 Å². The second-order valence-electron chi connectivity index (χ2n) is 6.87. The summed E-state index contributed by atoms with van der Waals surface area (Å²) in [7, 11) is 0. The van der Waals surface area contributed by atoms with E-state index in [1.807, 2.05) is 24.3 Å². The van der Waals surface area contributed by atoms with Crippen molar-refractivity contribution in [3.05, 3.63) is 54.1 Å². The van der Waals surface area contributed by atoms with E-state index in [1.54, 1.807) is 24.3 Å². The van der Waals surface area contributed by atoms with Gasteiger partial charge in [0.25, 0.3) is 5.91 Å². The van der Waals surface area contributed by atoms with Crippen molar-refractivity contribution in [2.75, 3.05) is 17.2 Å². The van der Waals surface area contributed by atoms with E-state index in [4.69, 9.17) is 4.74 Å². The van der Waals surface area contributed by atoms with Crippen LogP contribution in [0.25, 0.3) is 0 Å². The van der Waals surface area contributed by atoms with Gasteiger partial charge in [-0.3, -0.25) is 9.59 Å². The van der Waals surface area contributed by atoms with Crippen LogP contribution >= 0.6 is 0 Å². The zero-order valence-electron chi connectivity index (χ0n) is 15.1. The second-order valence-corrected chi connectivity index (χ2v) is 6.87. The molecule has 2 aromatic carbocycles. The number of benzene rings is 2. The SMILES string of the molecule is CC(=O)Nc1ccc(NC(=O)COc2cccc(C(C)(C)C)c2)cc1. The van der Waals surface area contributed by atoms with Gasteiger partial charge in [0.05, 0.1) is 0 Å². The van der Waals surface area contributed by atoms with Crippen LogP contribution in [0.3, 0.4) is 0 Å². The van der Waals surface area contributed by atoms with Gasteiger partial charge >= 0.3 is 0 Å². The number of amides is 2. The molecule has 0 aliphatic heterocycles. The summed E-state index contributed by atoms with van der Waals surface area (Å²) in [6.45, 7) is 7.76. The van der Waals surface area contributed by atoms with Gasteiger partial charge < -0.3 is 15.4 Å². The maximum absolute atomic E-state index is 12.0. The van der Waals surface area contributed by atoms with Crippen LogP contribution in [0.5, 0.6) is 5.75 Å². The quantitative estimate of drug-likeness (QED) is 0.866. The molecule has 0 fully saturated rings. The molecule has 0 saturated carbocycles. The molecular weight excluding hydrogens is 316 g/mol. The number of carbonyl (C=O) groups is 2. The van der Waals surface area contributed by atoms with E-state index in [2.05, 4.69) is 31.4 Å². The number of carbonyl (C=O) groups excluding carboxylic acids is 2.